The normalized spacial score (nSPS) is 15.4. The van der Waals surface area contributed by atoms with E-state index in [0.29, 0.717) is 13.0 Å². The van der Waals surface area contributed by atoms with Crippen molar-refractivity contribution in [2.45, 2.75) is 44.9 Å². The quantitative estimate of drug-likeness (QED) is 0.727. The summed E-state index contributed by atoms with van der Waals surface area (Å²) < 4.78 is 4.97. The Morgan fingerprint density at radius 2 is 2.12 bits per heavy atom. The molecule has 0 N–H and O–H groups in total. The summed E-state index contributed by atoms with van der Waals surface area (Å²) in [5.74, 6) is 0.643. The third-order valence-electron chi connectivity index (χ3n) is 3.50. The van der Waals surface area contributed by atoms with Crippen LogP contribution in [0.5, 0.6) is 0 Å². The van der Waals surface area contributed by atoms with E-state index < -0.39 is 0 Å². The van der Waals surface area contributed by atoms with Gasteiger partial charge in [-0.1, -0.05) is 30.7 Å². The van der Waals surface area contributed by atoms with Crippen LogP contribution in [0.2, 0.25) is 0 Å². The van der Waals surface area contributed by atoms with Crippen molar-refractivity contribution in [2.75, 3.05) is 6.61 Å². The molecule has 0 atom stereocenters. The lowest BCUT2D eigenvalue weighted by molar-refractivity contribution is -0.143. The lowest BCUT2D eigenvalue weighted by atomic mass is 9.77. The Labute approximate surface area is 103 Å². The highest BCUT2D eigenvalue weighted by Crippen LogP contribution is 2.38. The summed E-state index contributed by atoms with van der Waals surface area (Å²) in [5, 5.41) is 0. The number of benzene rings is 1. The van der Waals surface area contributed by atoms with Crippen molar-refractivity contribution in [1.82, 2.24) is 0 Å². The van der Waals surface area contributed by atoms with Crippen molar-refractivity contribution < 1.29 is 9.53 Å². The van der Waals surface area contributed by atoms with E-state index in [9.17, 15) is 4.79 Å². The zero-order chi connectivity index (χ0) is 12.1. The highest BCUT2D eigenvalue weighted by Gasteiger charge is 2.21. The van der Waals surface area contributed by atoms with Gasteiger partial charge in [0.2, 0.25) is 0 Å². The molecule has 17 heavy (non-hydrogen) atoms. The highest BCUT2D eigenvalue weighted by atomic mass is 16.5. The van der Waals surface area contributed by atoms with E-state index in [4.69, 9.17) is 4.74 Å². The molecule has 1 aromatic rings. The number of carbonyl (C=O) groups excluding carboxylic acids is 1. The summed E-state index contributed by atoms with van der Waals surface area (Å²) in [7, 11) is 0. The summed E-state index contributed by atoms with van der Waals surface area (Å²) in [4.78, 5) is 11.4. The third kappa shape index (κ3) is 3.09. The van der Waals surface area contributed by atoms with Gasteiger partial charge in [0, 0.05) is 6.42 Å². The molecule has 0 unspecified atom stereocenters. The van der Waals surface area contributed by atoms with Crippen LogP contribution in [0, 0.1) is 0 Å². The predicted molar refractivity (Wildman–Crippen MR) is 68.0 cm³/mol. The van der Waals surface area contributed by atoms with Gasteiger partial charge in [-0.25, -0.2) is 0 Å². The monoisotopic (exact) mass is 232 g/mol. The molecule has 0 aliphatic heterocycles. The first kappa shape index (κ1) is 12.2. The molecule has 92 valence electrons. The van der Waals surface area contributed by atoms with Gasteiger partial charge in [0.05, 0.1) is 6.61 Å². The van der Waals surface area contributed by atoms with E-state index in [2.05, 4.69) is 24.3 Å². The first-order valence-electron chi connectivity index (χ1n) is 6.54. The fourth-order valence-corrected chi connectivity index (χ4v) is 2.35. The number of aryl methyl sites for hydroxylation is 1. The molecule has 1 saturated carbocycles. The van der Waals surface area contributed by atoms with Gasteiger partial charge in [-0.15, -0.1) is 0 Å². The van der Waals surface area contributed by atoms with Gasteiger partial charge in [-0.05, 0) is 43.2 Å². The van der Waals surface area contributed by atoms with Crippen LogP contribution in [0.25, 0.3) is 0 Å². The Bertz CT molecular complexity index is 380. The molecular weight excluding hydrogens is 212 g/mol. The summed E-state index contributed by atoms with van der Waals surface area (Å²) in [5.41, 5.74) is 2.77. The van der Waals surface area contributed by atoms with Gasteiger partial charge in [0.15, 0.2) is 0 Å². The van der Waals surface area contributed by atoms with Crippen molar-refractivity contribution in [3.05, 3.63) is 35.4 Å². The Kier molecular flexibility index (Phi) is 4.18. The van der Waals surface area contributed by atoms with Gasteiger partial charge < -0.3 is 4.74 Å². The zero-order valence-corrected chi connectivity index (χ0v) is 10.4. The molecule has 1 aliphatic rings. The summed E-state index contributed by atoms with van der Waals surface area (Å²) in [6.07, 6.45) is 5.26. The number of ether oxygens (including phenoxy) is 1. The minimum Gasteiger partial charge on any atom is -0.466 e. The average Bonchev–Trinajstić information content (AvgIpc) is 2.26. The van der Waals surface area contributed by atoms with Crippen LogP contribution in [0.1, 0.15) is 49.7 Å². The van der Waals surface area contributed by atoms with Crippen LogP contribution < -0.4 is 0 Å². The molecule has 2 rings (SSSR count). The van der Waals surface area contributed by atoms with E-state index in [1.807, 2.05) is 6.92 Å². The van der Waals surface area contributed by atoms with Crippen LogP contribution in [-0.2, 0) is 16.0 Å². The predicted octanol–water partition coefficient (Wildman–Crippen LogP) is 3.45. The lowest BCUT2D eigenvalue weighted by Crippen LogP contribution is -2.12. The van der Waals surface area contributed by atoms with E-state index >= 15 is 0 Å². The highest BCUT2D eigenvalue weighted by molar-refractivity contribution is 5.69. The zero-order valence-electron chi connectivity index (χ0n) is 10.4. The van der Waals surface area contributed by atoms with Crippen LogP contribution in [0.3, 0.4) is 0 Å². The second-order valence-corrected chi connectivity index (χ2v) is 4.63. The number of carbonyl (C=O) groups is 1. The minimum absolute atomic E-state index is 0.0871. The molecule has 0 radical (unpaired) electrons. The van der Waals surface area contributed by atoms with Gasteiger partial charge in [0.1, 0.15) is 0 Å². The standard InChI is InChI=1S/C15H20O2/c1-2-17-15(16)11-10-13-6-3-4-9-14(13)12-7-5-8-12/h3-4,6,9,12H,2,5,7-8,10-11H2,1H3. The van der Waals surface area contributed by atoms with E-state index in [1.54, 1.807) is 0 Å². The Balaban J connectivity index is 1.97. The topological polar surface area (TPSA) is 26.3 Å². The number of rotatable bonds is 5. The smallest absolute Gasteiger partial charge is 0.306 e. The van der Waals surface area contributed by atoms with Gasteiger partial charge in [0.25, 0.3) is 0 Å². The Morgan fingerprint density at radius 1 is 1.35 bits per heavy atom. The first-order chi connectivity index (χ1) is 8.31. The van der Waals surface area contributed by atoms with Crippen LogP contribution in [-0.4, -0.2) is 12.6 Å². The molecule has 1 aliphatic carbocycles. The minimum atomic E-state index is -0.0871. The fourth-order valence-electron chi connectivity index (χ4n) is 2.35. The fraction of sp³-hybridized carbons (Fsp3) is 0.533. The van der Waals surface area contributed by atoms with Crippen LogP contribution >= 0.6 is 0 Å². The number of hydrogen-bond donors (Lipinski definition) is 0. The van der Waals surface area contributed by atoms with Crippen molar-refractivity contribution in [1.29, 1.82) is 0 Å². The molecule has 0 bridgehead atoms. The number of hydrogen-bond acceptors (Lipinski definition) is 2. The van der Waals surface area contributed by atoms with Crippen molar-refractivity contribution in [2.24, 2.45) is 0 Å². The first-order valence-corrected chi connectivity index (χ1v) is 6.54. The molecule has 0 spiro atoms. The number of esters is 1. The third-order valence-corrected chi connectivity index (χ3v) is 3.50. The molecule has 2 heteroatoms. The Morgan fingerprint density at radius 3 is 2.76 bits per heavy atom. The average molecular weight is 232 g/mol. The summed E-state index contributed by atoms with van der Waals surface area (Å²) in [6.45, 7) is 2.32. The maximum Gasteiger partial charge on any atom is 0.306 e. The van der Waals surface area contributed by atoms with E-state index in [0.717, 1.165) is 12.3 Å². The molecule has 1 fully saturated rings. The van der Waals surface area contributed by atoms with Gasteiger partial charge >= 0.3 is 5.97 Å². The maximum atomic E-state index is 11.4. The second-order valence-electron chi connectivity index (χ2n) is 4.63. The summed E-state index contributed by atoms with van der Waals surface area (Å²) in [6, 6.07) is 8.52. The second kappa shape index (κ2) is 5.85. The van der Waals surface area contributed by atoms with Crippen molar-refractivity contribution in [3.63, 3.8) is 0 Å². The maximum absolute atomic E-state index is 11.4. The SMILES string of the molecule is CCOC(=O)CCc1ccccc1C1CCC1. The van der Waals surface area contributed by atoms with Crippen LogP contribution in [0.15, 0.2) is 24.3 Å². The largest absolute Gasteiger partial charge is 0.466 e. The molecule has 1 aromatic carbocycles. The molecule has 0 heterocycles. The molecule has 0 aromatic heterocycles. The van der Waals surface area contributed by atoms with Gasteiger partial charge in [-0.2, -0.15) is 0 Å². The molecule has 0 saturated heterocycles. The molecule has 2 nitrogen and oxygen atoms in total. The Hall–Kier alpha value is -1.31. The van der Waals surface area contributed by atoms with E-state index in [-0.39, 0.29) is 5.97 Å². The van der Waals surface area contributed by atoms with Crippen molar-refractivity contribution in [3.8, 4) is 0 Å². The molecular formula is C15H20O2. The van der Waals surface area contributed by atoms with E-state index in [1.165, 1.54) is 30.4 Å². The van der Waals surface area contributed by atoms with Crippen molar-refractivity contribution >= 4 is 5.97 Å². The van der Waals surface area contributed by atoms with Gasteiger partial charge in [-0.3, -0.25) is 4.79 Å². The summed E-state index contributed by atoms with van der Waals surface area (Å²) >= 11 is 0. The molecule has 0 amide bonds. The lowest BCUT2D eigenvalue weighted by Gasteiger charge is -2.27. The van der Waals surface area contributed by atoms with Crippen LogP contribution in [0.4, 0.5) is 0 Å².